The summed E-state index contributed by atoms with van der Waals surface area (Å²) in [5, 5.41) is 11.0. The predicted molar refractivity (Wildman–Crippen MR) is 73.5 cm³/mol. The summed E-state index contributed by atoms with van der Waals surface area (Å²) in [5.74, 6) is 0.471. The maximum Gasteiger partial charge on any atom is 0.293 e. The first-order valence-corrected chi connectivity index (χ1v) is 6.43. The minimum Gasteiger partial charge on any atom is -0.366 e. The van der Waals surface area contributed by atoms with Gasteiger partial charge in [-0.25, -0.2) is 0 Å². The smallest absolute Gasteiger partial charge is 0.293 e. The van der Waals surface area contributed by atoms with Crippen molar-refractivity contribution in [3.05, 3.63) is 32.8 Å². The lowest BCUT2D eigenvalue weighted by Gasteiger charge is -2.24. The molecule has 0 unspecified atom stereocenters. The number of hydrogen-bond donors (Lipinski definition) is 0. The van der Waals surface area contributed by atoms with Gasteiger partial charge in [-0.15, -0.1) is 0 Å². The molecule has 0 aliphatic heterocycles. The van der Waals surface area contributed by atoms with Crippen molar-refractivity contribution < 1.29 is 4.92 Å². The number of nitrogens with zero attached hydrogens (tertiary/aromatic N) is 2. The molecule has 1 rings (SSSR count). The summed E-state index contributed by atoms with van der Waals surface area (Å²) in [6.45, 7) is 7.80. The highest BCUT2D eigenvalue weighted by atomic mass is 79.9. The minimum absolute atomic E-state index is 0.155. The van der Waals surface area contributed by atoms with Gasteiger partial charge in [0.25, 0.3) is 5.69 Å². The Morgan fingerprint density at radius 2 is 2.12 bits per heavy atom. The molecule has 4 nitrogen and oxygen atoms in total. The van der Waals surface area contributed by atoms with Gasteiger partial charge in [0.1, 0.15) is 5.69 Å². The number of anilines is 1. The first-order chi connectivity index (χ1) is 7.95. The number of benzene rings is 1. The predicted octanol–water partition coefficient (Wildman–Crippen LogP) is 3.84. The highest BCUT2D eigenvalue weighted by Gasteiger charge is 2.19. The minimum atomic E-state index is -0.330. The van der Waals surface area contributed by atoms with E-state index in [2.05, 4.69) is 29.8 Å². The molecule has 0 fully saturated rings. The molecule has 1 aromatic carbocycles. The third-order valence-electron chi connectivity index (χ3n) is 2.44. The van der Waals surface area contributed by atoms with Crippen LogP contribution in [-0.4, -0.2) is 18.0 Å². The van der Waals surface area contributed by atoms with E-state index in [4.69, 9.17) is 0 Å². The number of nitro groups is 1. The van der Waals surface area contributed by atoms with Crippen LogP contribution >= 0.6 is 15.9 Å². The molecule has 5 heteroatoms. The van der Waals surface area contributed by atoms with Crippen LogP contribution in [-0.2, 0) is 0 Å². The Bertz CT molecular complexity index is 407. The van der Waals surface area contributed by atoms with Crippen LogP contribution in [0.4, 0.5) is 11.4 Å². The molecular weight excluding hydrogens is 284 g/mol. The van der Waals surface area contributed by atoms with Crippen molar-refractivity contribution in [2.24, 2.45) is 5.92 Å². The van der Waals surface area contributed by atoms with E-state index in [1.807, 2.05) is 17.9 Å². The van der Waals surface area contributed by atoms with Crippen LogP contribution in [0.1, 0.15) is 20.8 Å². The third-order valence-corrected chi connectivity index (χ3v) is 2.94. The van der Waals surface area contributed by atoms with E-state index in [1.165, 1.54) is 0 Å². The average Bonchev–Trinajstić information content (AvgIpc) is 2.25. The molecule has 0 saturated heterocycles. The monoisotopic (exact) mass is 300 g/mol. The topological polar surface area (TPSA) is 46.4 Å². The molecule has 0 radical (unpaired) electrons. The Morgan fingerprint density at radius 3 is 2.59 bits per heavy atom. The molecular formula is C12H17BrN2O2. The summed E-state index contributed by atoms with van der Waals surface area (Å²) < 4.78 is 0.730. The zero-order valence-electron chi connectivity index (χ0n) is 10.3. The molecule has 0 aliphatic carbocycles. The number of halogens is 1. The van der Waals surface area contributed by atoms with Gasteiger partial charge in [0.05, 0.1) is 4.92 Å². The average molecular weight is 301 g/mol. The maximum atomic E-state index is 11.0. The van der Waals surface area contributed by atoms with Gasteiger partial charge < -0.3 is 4.90 Å². The van der Waals surface area contributed by atoms with Crippen molar-refractivity contribution in [2.45, 2.75) is 20.8 Å². The van der Waals surface area contributed by atoms with Gasteiger partial charge in [-0.1, -0.05) is 29.8 Å². The fourth-order valence-corrected chi connectivity index (χ4v) is 2.10. The van der Waals surface area contributed by atoms with Crippen LogP contribution in [0.25, 0.3) is 0 Å². The van der Waals surface area contributed by atoms with Crippen LogP contribution < -0.4 is 4.90 Å². The maximum absolute atomic E-state index is 11.0. The SMILES string of the molecule is CCN(CC(C)C)c1ccc(Br)cc1[N+](=O)[O-]. The Labute approximate surface area is 110 Å². The van der Waals surface area contributed by atoms with Crippen molar-refractivity contribution in [1.29, 1.82) is 0 Å². The lowest BCUT2D eigenvalue weighted by molar-refractivity contribution is -0.384. The lowest BCUT2D eigenvalue weighted by Crippen LogP contribution is -2.27. The summed E-state index contributed by atoms with van der Waals surface area (Å²) in [5.41, 5.74) is 0.844. The summed E-state index contributed by atoms with van der Waals surface area (Å²) in [7, 11) is 0. The van der Waals surface area contributed by atoms with Gasteiger partial charge >= 0.3 is 0 Å². The zero-order valence-corrected chi connectivity index (χ0v) is 11.9. The van der Waals surface area contributed by atoms with Crippen molar-refractivity contribution >= 4 is 27.3 Å². The molecule has 0 saturated carbocycles. The molecule has 1 aromatic rings. The van der Waals surface area contributed by atoms with Gasteiger partial charge in [-0.3, -0.25) is 10.1 Å². The molecule has 17 heavy (non-hydrogen) atoms. The van der Waals surface area contributed by atoms with Crippen molar-refractivity contribution in [3.8, 4) is 0 Å². The lowest BCUT2D eigenvalue weighted by atomic mass is 10.1. The van der Waals surface area contributed by atoms with E-state index in [1.54, 1.807) is 12.1 Å². The molecule has 0 heterocycles. The van der Waals surface area contributed by atoms with Crippen LogP contribution in [0.15, 0.2) is 22.7 Å². The van der Waals surface area contributed by atoms with Crippen molar-refractivity contribution in [2.75, 3.05) is 18.0 Å². The van der Waals surface area contributed by atoms with Gasteiger partial charge in [-0.05, 0) is 25.0 Å². The molecule has 0 amide bonds. The Hall–Kier alpha value is -1.10. The van der Waals surface area contributed by atoms with Gasteiger partial charge in [0.15, 0.2) is 0 Å². The molecule has 0 bridgehead atoms. The first kappa shape index (κ1) is 14.0. The van der Waals surface area contributed by atoms with E-state index in [9.17, 15) is 10.1 Å². The summed E-state index contributed by atoms with van der Waals surface area (Å²) in [4.78, 5) is 12.7. The van der Waals surface area contributed by atoms with E-state index in [0.29, 0.717) is 11.6 Å². The van der Waals surface area contributed by atoms with Crippen molar-refractivity contribution in [3.63, 3.8) is 0 Å². The standard InChI is InChI=1S/C12H17BrN2O2/c1-4-14(8-9(2)3)11-6-5-10(13)7-12(11)15(16)17/h5-7,9H,4,8H2,1-3H3. The van der Waals surface area contributed by atoms with Gasteiger partial charge in [-0.2, -0.15) is 0 Å². The Balaban J connectivity index is 3.14. The van der Waals surface area contributed by atoms with Crippen LogP contribution in [0.3, 0.4) is 0 Å². The highest BCUT2D eigenvalue weighted by molar-refractivity contribution is 9.10. The van der Waals surface area contributed by atoms with Crippen LogP contribution in [0, 0.1) is 16.0 Å². The van der Waals surface area contributed by atoms with Gasteiger partial charge in [0.2, 0.25) is 0 Å². The number of rotatable bonds is 5. The molecule has 0 aliphatic rings. The van der Waals surface area contributed by atoms with E-state index < -0.39 is 0 Å². The third kappa shape index (κ3) is 3.70. The number of hydrogen-bond acceptors (Lipinski definition) is 3. The zero-order chi connectivity index (χ0) is 13.0. The quantitative estimate of drug-likeness (QED) is 0.613. The second kappa shape index (κ2) is 6.00. The molecule has 0 atom stereocenters. The van der Waals surface area contributed by atoms with E-state index in [-0.39, 0.29) is 10.6 Å². The van der Waals surface area contributed by atoms with Crippen molar-refractivity contribution in [1.82, 2.24) is 0 Å². The molecule has 0 aromatic heterocycles. The Kier molecular flexibility index (Phi) is 4.93. The Morgan fingerprint density at radius 1 is 1.47 bits per heavy atom. The van der Waals surface area contributed by atoms with Crippen LogP contribution in [0.2, 0.25) is 0 Å². The second-order valence-electron chi connectivity index (χ2n) is 4.32. The largest absolute Gasteiger partial charge is 0.366 e. The summed E-state index contributed by atoms with van der Waals surface area (Å²) in [6.07, 6.45) is 0. The van der Waals surface area contributed by atoms with E-state index >= 15 is 0 Å². The molecule has 94 valence electrons. The van der Waals surface area contributed by atoms with Crippen LogP contribution in [0.5, 0.6) is 0 Å². The first-order valence-electron chi connectivity index (χ1n) is 5.64. The summed E-state index contributed by atoms with van der Waals surface area (Å²) >= 11 is 3.26. The normalized spacial score (nSPS) is 10.6. The van der Waals surface area contributed by atoms with E-state index in [0.717, 1.165) is 17.6 Å². The number of nitro benzene ring substituents is 1. The fraction of sp³-hybridized carbons (Fsp3) is 0.500. The van der Waals surface area contributed by atoms with Gasteiger partial charge in [0, 0.05) is 23.6 Å². The molecule has 0 spiro atoms. The molecule has 0 N–H and O–H groups in total. The second-order valence-corrected chi connectivity index (χ2v) is 5.24. The fourth-order valence-electron chi connectivity index (χ4n) is 1.75. The highest BCUT2D eigenvalue weighted by Crippen LogP contribution is 2.31. The summed E-state index contributed by atoms with van der Waals surface area (Å²) in [6, 6.07) is 5.19.